The van der Waals surface area contributed by atoms with Gasteiger partial charge in [0.05, 0.1) is 39.6 Å². The SMILES string of the molecule is CCCCCCCCCCCCCCCCCCO[PH](=O)OCCCCCCCCCCCCCCCCCC.CCCCCCCCCCCCCCCCCCO[PH](=O)OCCCCCCCCCCCCCCCCCC.CCCCCCCCCCCCCCCCCCO[PH](=O)OCCCCCCCCCCCCCCCCCC.[Co]. The van der Waals surface area contributed by atoms with Crippen LogP contribution in [-0.4, -0.2) is 39.6 Å². The molecule has 9 nitrogen and oxygen atoms in total. The molecule has 0 saturated heterocycles. The number of rotatable bonds is 108. The Morgan fingerprint density at radius 1 is 0.107 bits per heavy atom. The van der Waals surface area contributed by atoms with E-state index in [-0.39, 0.29) is 16.8 Å². The van der Waals surface area contributed by atoms with Gasteiger partial charge in [0.1, 0.15) is 0 Å². The average molecular weight is 1820 g/mol. The molecule has 0 N–H and O–H groups in total. The van der Waals surface area contributed by atoms with Crippen LogP contribution in [0.2, 0.25) is 0 Å². The molecule has 0 aliphatic heterocycles. The molecule has 13 heteroatoms. The number of unbranched alkanes of at least 4 members (excludes halogenated alkanes) is 90. The maximum absolute atomic E-state index is 11.9. The fourth-order valence-corrected chi connectivity index (χ4v) is 19.1. The van der Waals surface area contributed by atoms with Gasteiger partial charge in [0, 0.05) is 16.8 Å². The third-order valence-corrected chi connectivity index (χ3v) is 27.9. The molecular formula is C108H225CoO9P3. The molecule has 0 saturated carbocycles. The second-order valence-electron chi connectivity index (χ2n) is 37.7. The summed E-state index contributed by atoms with van der Waals surface area (Å²) in [5, 5.41) is 0. The van der Waals surface area contributed by atoms with Crippen LogP contribution in [0.25, 0.3) is 0 Å². The van der Waals surface area contributed by atoms with E-state index in [1.165, 1.54) is 578 Å². The summed E-state index contributed by atoms with van der Waals surface area (Å²) in [6.07, 6.45) is 131. The van der Waals surface area contributed by atoms with Gasteiger partial charge >= 0.3 is 24.8 Å². The summed E-state index contributed by atoms with van der Waals surface area (Å²) >= 11 is 0. The summed E-state index contributed by atoms with van der Waals surface area (Å²) in [6.45, 7) is 17.3. The van der Waals surface area contributed by atoms with E-state index in [1.54, 1.807) is 0 Å². The van der Waals surface area contributed by atoms with Gasteiger partial charge in [-0.3, -0.25) is 13.7 Å². The van der Waals surface area contributed by atoms with E-state index in [0.29, 0.717) is 39.6 Å². The molecule has 0 spiro atoms. The molecule has 121 heavy (non-hydrogen) atoms. The van der Waals surface area contributed by atoms with Crippen LogP contribution in [0.3, 0.4) is 0 Å². The van der Waals surface area contributed by atoms with Crippen molar-refractivity contribution in [3.05, 3.63) is 0 Å². The summed E-state index contributed by atoms with van der Waals surface area (Å²) in [4.78, 5) is 0. The standard InChI is InChI=1S/3C36H75O3P.Co/c3*1-3-5-7-9-11-13-15-17-19-21-23-25-27-29-31-33-35-38-40(37)39-36-34-32-30-28-26-24-22-20-18-16-14-12-10-8-6-4-2;/h3*40H,3-36H2,1-2H3;. The minimum absolute atomic E-state index is 0. The van der Waals surface area contributed by atoms with Gasteiger partial charge in [0.2, 0.25) is 0 Å². The molecule has 0 aliphatic carbocycles. The summed E-state index contributed by atoms with van der Waals surface area (Å²) in [7, 11) is -6.84. The first kappa shape index (κ1) is 128. The van der Waals surface area contributed by atoms with Crippen molar-refractivity contribution in [2.45, 2.75) is 658 Å². The molecule has 0 amide bonds. The van der Waals surface area contributed by atoms with Crippen molar-refractivity contribution in [2.24, 2.45) is 0 Å². The van der Waals surface area contributed by atoms with Crippen molar-refractivity contribution in [3.63, 3.8) is 0 Å². The predicted octanol–water partition coefficient (Wildman–Crippen LogP) is 41.8. The van der Waals surface area contributed by atoms with Crippen molar-refractivity contribution in [2.75, 3.05) is 39.6 Å². The van der Waals surface area contributed by atoms with E-state index in [1.807, 2.05) is 0 Å². The second-order valence-corrected chi connectivity index (χ2v) is 40.9. The fourth-order valence-electron chi connectivity index (χ4n) is 17.0. The molecule has 0 rings (SSSR count). The van der Waals surface area contributed by atoms with Gasteiger partial charge in [-0.25, -0.2) is 0 Å². The topological polar surface area (TPSA) is 107 Å². The Labute approximate surface area is 774 Å². The maximum Gasteiger partial charge on any atom is 0.319 e. The van der Waals surface area contributed by atoms with E-state index < -0.39 is 24.8 Å². The molecule has 735 valence electrons. The Hall–Kier alpha value is 0.956. The van der Waals surface area contributed by atoms with Gasteiger partial charge in [-0.05, 0) is 38.5 Å². The third kappa shape index (κ3) is 130. The van der Waals surface area contributed by atoms with Crippen LogP contribution in [0.4, 0.5) is 0 Å². The molecule has 0 unspecified atom stereocenters. The van der Waals surface area contributed by atoms with E-state index in [0.717, 1.165) is 38.5 Å². The van der Waals surface area contributed by atoms with Crippen LogP contribution in [0.1, 0.15) is 658 Å². The summed E-state index contributed by atoms with van der Waals surface area (Å²) < 4.78 is 68.2. The van der Waals surface area contributed by atoms with Crippen molar-refractivity contribution in [3.8, 4) is 0 Å². The first-order chi connectivity index (χ1) is 59.4. The van der Waals surface area contributed by atoms with Gasteiger partial charge in [0.25, 0.3) is 0 Å². The van der Waals surface area contributed by atoms with Gasteiger partial charge in [-0.15, -0.1) is 0 Å². The van der Waals surface area contributed by atoms with Gasteiger partial charge in [-0.2, -0.15) is 0 Å². The molecule has 0 aromatic rings. The Kier molecular flexibility index (Phi) is 133. The number of hydrogen-bond acceptors (Lipinski definition) is 9. The minimum Gasteiger partial charge on any atom is -0.311 e. The summed E-state index contributed by atoms with van der Waals surface area (Å²) in [6, 6.07) is 0. The first-order valence-corrected chi connectivity index (χ1v) is 59.5. The van der Waals surface area contributed by atoms with Gasteiger partial charge in [-0.1, -0.05) is 619 Å². The third-order valence-electron chi connectivity index (χ3n) is 25.3. The van der Waals surface area contributed by atoms with E-state index in [4.69, 9.17) is 27.1 Å². The normalized spacial score (nSPS) is 11.6. The van der Waals surface area contributed by atoms with Crippen molar-refractivity contribution in [1.29, 1.82) is 0 Å². The molecule has 0 aromatic carbocycles. The number of hydrogen-bond donors (Lipinski definition) is 0. The molecule has 0 aliphatic rings. The zero-order valence-corrected chi connectivity index (χ0v) is 87.7. The van der Waals surface area contributed by atoms with E-state index >= 15 is 0 Å². The Bertz CT molecular complexity index is 1500. The summed E-state index contributed by atoms with van der Waals surface area (Å²) in [5.41, 5.74) is 0. The predicted molar refractivity (Wildman–Crippen MR) is 540 cm³/mol. The smallest absolute Gasteiger partial charge is 0.311 e. The minimum atomic E-state index is -2.28. The summed E-state index contributed by atoms with van der Waals surface area (Å²) in [5.74, 6) is 0. The molecular weight excluding hydrogens is 1590 g/mol. The molecule has 0 atom stereocenters. The van der Waals surface area contributed by atoms with Crippen LogP contribution in [0.15, 0.2) is 0 Å². The van der Waals surface area contributed by atoms with E-state index in [2.05, 4.69) is 41.5 Å². The molecule has 1 radical (unpaired) electrons. The van der Waals surface area contributed by atoms with Crippen molar-refractivity contribution in [1.82, 2.24) is 0 Å². The Morgan fingerprint density at radius 2 is 0.165 bits per heavy atom. The van der Waals surface area contributed by atoms with E-state index in [9.17, 15) is 13.7 Å². The van der Waals surface area contributed by atoms with Crippen LogP contribution in [0, 0.1) is 0 Å². The largest absolute Gasteiger partial charge is 0.319 e. The van der Waals surface area contributed by atoms with Gasteiger partial charge in [0.15, 0.2) is 0 Å². The van der Waals surface area contributed by atoms with Crippen LogP contribution >= 0.6 is 24.8 Å². The fraction of sp³-hybridized carbons (Fsp3) is 1.00. The second kappa shape index (κ2) is 125. The monoisotopic (exact) mass is 1820 g/mol. The zero-order chi connectivity index (χ0) is 87.1. The van der Waals surface area contributed by atoms with Gasteiger partial charge < -0.3 is 27.1 Å². The van der Waals surface area contributed by atoms with Crippen molar-refractivity contribution < 1.29 is 57.6 Å². The molecule has 0 fully saturated rings. The molecule has 0 heterocycles. The van der Waals surface area contributed by atoms with Crippen LogP contribution < -0.4 is 0 Å². The molecule has 0 bridgehead atoms. The Morgan fingerprint density at radius 3 is 0.231 bits per heavy atom. The first-order valence-electron chi connectivity index (χ1n) is 55.8. The Balaban J connectivity index is -0.000000845. The van der Waals surface area contributed by atoms with Crippen LogP contribution in [-0.2, 0) is 57.6 Å². The maximum atomic E-state index is 11.9. The zero-order valence-electron chi connectivity index (χ0n) is 83.6. The van der Waals surface area contributed by atoms with Crippen LogP contribution in [0.5, 0.6) is 0 Å². The van der Waals surface area contributed by atoms with Crippen molar-refractivity contribution >= 4 is 24.8 Å². The molecule has 0 aromatic heterocycles. The average Bonchev–Trinajstić information content (AvgIpc) is 1.06. The quantitative estimate of drug-likeness (QED) is 0.0435.